The van der Waals surface area contributed by atoms with Gasteiger partial charge in [0.1, 0.15) is 5.82 Å². The van der Waals surface area contributed by atoms with Crippen molar-refractivity contribution in [2.45, 2.75) is 32.2 Å². The predicted molar refractivity (Wildman–Crippen MR) is 74.7 cm³/mol. The van der Waals surface area contributed by atoms with Gasteiger partial charge >= 0.3 is 0 Å². The third-order valence-electron chi connectivity index (χ3n) is 4.17. The molecule has 0 unspecified atom stereocenters. The zero-order valence-electron chi connectivity index (χ0n) is 10.5. The summed E-state index contributed by atoms with van der Waals surface area (Å²) in [5.74, 6) is 2.69. The first-order valence-corrected chi connectivity index (χ1v) is 7.68. The average molecular weight is 312 g/mol. The molecular formula is C15H19BrFN. The Morgan fingerprint density at radius 3 is 2.44 bits per heavy atom. The van der Waals surface area contributed by atoms with Crippen LogP contribution in [0.4, 0.5) is 4.39 Å². The molecule has 1 N–H and O–H groups in total. The van der Waals surface area contributed by atoms with Crippen LogP contribution < -0.4 is 5.32 Å². The lowest BCUT2D eigenvalue weighted by molar-refractivity contribution is 0.378. The molecule has 1 aromatic rings. The number of halogens is 2. The van der Waals surface area contributed by atoms with Crippen LogP contribution in [0, 0.1) is 23.6 Å². The quantitative estimate of drug-likeness (QED) is 0.833. The van der Waals surface area contributed by atoms with Crippen molar-refractivity contribution in [3.05, 3.63) is 34.1 Å². The smallest absolute Gasteiger partial charge is 0.124 e. The second kappa shape index (κ2) is 5.30. The first-order valence-electron chi connectivity index (χ1n) is 6.88. The zero-order chi connectivity index (χ0) is 12.5. The molecule has 3 heteroatoms. The SMILES string of the molecule is Fc1ccc(CNCC(C2CC2)C2CC2)c(Br)c1. The molecule has 2 aliphatic rings. The van der Waals surface area contributed by atoms with Gasteiger partial charge in [0.15, 0.2) is 0 Å². The summed E-state index contributed by atoms with van der Waals surface area (Å²) in [7, 11) is 0. The lowest BCUT2D eigenvalue weighted by Crippen LogP contribution is -2.25. The van der Waals surface area contributed by atoms with Crippen LogP contribution in [0.5, 0.6) is 0 Å². The van der Waals surface area contributed by atoms with E-state index in [4.69, 9.17) is 0 Å². The van der Waals surface area contributed by atoms with Crippen molar-refractivity contribution in [1.29, 1.82) is 0 Å². The van der Waals surface area contributed by atoms with E-state index in [1.54, 1.807) is 0 Å². The van der Waals surface area contributed by atoms with Gasteiger partial charge in [0.2, 0.25) is 0 Å². The Hall–Kier alpha value is -0.410. The molecule has 98 valence electrons. The lowest BCUT2D eigenvalue weighted by Gasteiger charge is -2.16. The van der Waals surface area contributed by atoms with Crippen LogP contribution in [0.25, 0.3) is 0 Å². The first-order chi connectivity index (χ1) is 8.74. The van der Waals surface area contributed by atoms with Crippen molar-refractivity contribution in [3.63, 3.8) is 0 Å². The van der Waals surface area contributed by atoms with Crippen LogP contribution in [0.2, 0.25) is 0 Å². The Morgan fingerprint density at radius 1 is 1.22 bits per heavy atom. The van der Waals surface area contributed by atoms with Crippen molar-refractivity contribution in [2.24, 2.45) is 17.8 Å². The van der Waals surface area contributed by atoms with Crippen molar-refractivity contribution in [2.75, 3.05) is 6.54 Å². The molecule has 0 amide bonds. The molecule has 0 aromatic heterocycles. The summed E-state index contributed by atoms with van der Waals surface area (Å²) in [4.78, 5) is 0. The Morgan fingerprint density at radius 2 is 1.89 bits per heavy atom. The summed E-state index contributed by atoms with van der Waals surface area (Å²) >= 11 is 3.42. The normalized spacial score (nSPS) is 19.5. The van der Waals surface area contributed by atoms with Gasteiger partial charge in [-0.25, -0.2) is 4.39 Å². The largest absolute Gasteiger partial charge is 0.312 e. The van der Waals surface area contributed by atoms with Gasteiger partial charge in [0.25, 0.3) is 0 Å². The molecule has 0 spiro atoms. The Kier molecular flexibility index (Phi) is 3.71. The molecule has 3 rings (SSSR count). The summed E-state index contributed by atoms with van der Waals surface area (Å²) < 4.78 is 13.8. The molecular weight excluding hydrogens is 293 g/mol. The minimum Gasteiger partial charge on any atom is -0.312 e. The number of nitrogens with one attached hydrogen (secondary N) is 1. The third kappa shape index (κ3) is 3.12. The highest BCUT2D eigenvalue weighted by Gasteiger charge is 2.40. The number of rotatable bonds is 6. The van der Waals surface area contributed by atoms with Gasteiger partial charge in [-0.1, -0.05) is 22.0 Å². The molecule has 0 radical (unpaired) electrons. The summed E-state index contributed by atoms with van der Waals surface area (Å²) in [6, 6.07) is 4.92. The van der Waals surface area contributed by atoms with Gasteiger partial charge in [-0.3, -0.25) is 0 Å². The molecule has 1 aromatic carbocycles. The maximum atomic E-state index is 13.0. The van der Waals surface area contributed by atoms with Crippen LogP contribution in [-0.2, 0) is 6.54 Å². The van der Waals surface area contributed by atoms with Gasteiger partial charge in [0.05, 0.1) is 0 Å². The number of hydrogen-bond donors (Lipinski definition) is 1. The van der Waals surface area contributed by atoms with E-state index in [9.17, 15) is 4.39 Å². The standard InChI is InChI=1S/C15H19BrFN/c16-15-7-13(17)6-5-12(15)8-18-9-14(10-1-2-10)11-3-4-11/h5-7,10-11,14,18H,1-4,8-9H2. The molecule has 0 atom stereocenters. The van der Waals surface area contributed by atoms with E-state index < -0.39 is 0 Å². The van der Waals surface area contributed by atoms with E-state index in [1.165, 1.54) is 37.8 Å². The van der Waals surface area contributed by atoms with Gasteiger partial charge in [0, 0.05) is 11.0 Å². The fourth-order valence-electron chi connectivity index (χ4n) is 2.81. The fourth-order valence-corrected chi connectivity index (χ4v) is 3.30. The number of benzene rings is 1. The highest BCUT2D eigenvalue weighted by Crippen LogP contribution is 2.48. The second-order valence-corrected chi connectivity index (χ2v) is 6.56. The first kappa shape index (κ1) is 12.6. The predicted octanol–water partition coefficient (Wildman–Crippen LogP) is 4.11. The monoisotopic (exact) mass is 311 g/mol. The maximum Gasteiger partial charge on any atom is 0.124 e. The van der Waals surface area contributed by atoms with Crippen LogP contribution in [0.15, 0.2) is 22.7 Å². The molecule has 0 bridgehead atoms. The molecule has 2 fully saturated rings. The van der Waals surface area contributed by atoms with E-state index in [2.05, 4.69) is 21.2 Å². The third-order valence-corrected chi connectivity index (χ3v) is 4.90. The van der Waals surface area contributed by atoms with E-state index in [0.29, 0.717) is 0 Å². The Labute approximate surface area is 116 Å². The van der Waals surface area contributed by atoms with Crippen molar-refractivity contribution >= 4 is 15.9 Å². The molecule has 0 heterocycles. The van der Waals surface area contributed by atoms with Crippen LogP contribution >= 0.6 is 15.9 Å². The fraction of sp³-hybridized carbons (Fsp3) is 0.600. The second-order valence-electron chi connectivity index (χ2n) is 5.71. The van der Waals surface area contributed by atoms with Crippen molar-refractivity contribution in [1.82, 2.24) is 5.32 Å². The Balaban J connectivity index is 1.51. The highest BCUT2D eigenvalue weighted by molar-refractivity contribution is 9.10. The summed E-state index contributed by atoms with van der Waals surface area (Å²) in [6.07, 6.45) is 5.73. The summed E-state index contributed by atoms with van der Waals surface area (Å²) in [5, 5.41) is 3.55. The van der Waals surface area contributed by atoms with Crippen molar-refractivity contribution < 1.29 is 4.39 Å². The van der Waals surface area contributed by atoms with Gasteiger partial charge < -0.3 is 5.32 Å². The zero-order valence-corrected chi connectivity index (χ0v) is 12.0. The summed E-state index contributed by atoms with van der Waals surface area (Å²) in [6.45, 7) is 1.95. The topological polar surface area (TPSA) is 12.0 Å². The average Bonchev–Trinajstić information content (AvgIpc) is 3.20. The lowest BCUT2D eigenvalue weighted by atomic mass is 9.98. The molecule has 1 nitrogen and oxygen atoms in total. The minimum atomic E-state index is -0.181. The molecule has 0 aliphatic heterocycles. The number of hydrogen-bond acceptors (Lipinski definition) is 1. The minimum absolute atomic E-state index is 0.181. The molecule has 2 aliphatic carbocycles. The van der Waals surface area contributed by atoms with Crippen LogP contribution in [-0.4, -0.2) is 6.54 Å². The van der Waals surface area contributed by atoms with E-state index >= 15 is 0 Å². The maximum absolute atomic E-state index is 13.0. The summed E-state index contributed by atoms with van der Waals surface area (Å²) in [5.41, 5.74) is 1.14. The Bertz CT molecular complexity index is 415. The molecule has 2 saturated carbocycles. The molecule has 18 heavy (non-hydrogen) atoms. The highest BCUT2D eigenvalue weighted by atomic mass is 79.9. The van der Waals surface area contributed by atoms with Crippen LogP contribution in [0.3, 0.4) is 0 Å². The van der Waals surface area contributed by atoms with Gasteiger partial charge in [-0.05, 0) is 67.7 Å². The van der Waals surface area contributed by atoms with E-state index in [1.807, 2.05) is 6.07 Å². The van der Waals surface area contributed by atoms with Crippen LogP contribution in [0.1, 0.15) is 31.2 Å². The van der Waals surface area contributed by atoms with Gasteiger partial charge in [-0.15, -0.1) is 0 Å². The molecule has 0 saturated heterocycles. The van der Waals surface area contributed by atoms with Gasteiger partial charge in [-0.2, -0.15) is 0 Å². The van der Waals surface area contributed by atoms with E-state index in [0.717, 1.165) is 40.9 Å². The van der Waals surface area contributed by atoms with Crippen molar-refractivity contribution in [3.8, 4) is 0 Å². The van der Waals surface area contributed by atoms with E-state index in [-0.39, 0.29) is 5.82 Å².